The monoisotopic (exact) mass is 349 g/mol. The van der Waals surface area contributed by atoms with Crippen LogP contribution >= 0.6 is 0 Å². The summed E-state index contributed by atoms with van der Waals surface area (Å²) in [5.41, 5.74) is 2.25. The molecular formula is C21H23N3O2. The van der Waals surface area contributed by atoms with Gasteiger partial charge in [0, 0.05) is 5.39 Å². The van der Waals surface area contributed by atoms with Crippen LogP contribution in [0.2, 0.25) is 0 Å². The largest absolute Gasteiger partial charge is 0.344 e. The maximum atomic E-state index is 12.9. The number of aryl methyl sites for hydroxylation is 1. The van der Waals surface area contributed by atoms with Crippen molar-refractivity contribution in [3.8, 4) is 0 Å². The summed E-state index contributed by atoms with van der Waals surface area (Å²) < 4.78 is 0. The van der Waals surface area contributed by atoms with Crippen molar-refractivity contribution < 1.29 is 4.79 Å². The molecule has 0 fully saturated rings. The van der Waals surface area contributed by atoms with Gasteiger partial charge in [0.1, 0.15) is 0 Å². The summed E-state index contributed by atoms with van der Waals surface area (Å²) >= 11 is 0. The van der Waals surface area contributed by atoms with Gasteiger partial charge in [0.2, 0.25) is 0 Å². The summed E-state index contributed by atoms with van der Waals surface area (Å²) in [7, 11) is 0. The molecule has 0 saturated carbocycles. The van der Waals surface area contributed by atoms with E-state index in [9.17, 15) is 9.59 Å². The molecule has 3 rings (SSSR count). The van der Waals surface area contributed by atoms with Crippen LogP contribution in [0.25, 0.3) is 10.8 Å². The van der Waals surface area contributed by atoms with E-state index in [1.807, 2.05) is 0 Å². The predicted octanol–water partition coefficient (Wildman–Crippen LogP) is 3.61. The number of fused-ring (bicyclic) bond motifs is 1. The van der Waals surface area contributed by atoms with Crippen molar-refractivity contribution >= 4 is 16.7 Å². The summed E-state index contributed by atoms with van der Waals surface area (Å²) in [6.45, 7) is 6.25. The van der Waals surface area contributed by atoms with Crippen molar-refractivity contribution in [1.82, 2.24) is 15.5 Å². The van der Waals surface area contributed by atoms with Gasteiger partial charge in [-0.05, 0) is 29.5 Å². The highest BCUT2D eigenvalue weighted by Gasteiger charge is 2.21. The van der Waals surface area contributed by atoms with Crippen LogP contribution in [0.4, 0.5) is 0 Å². The number of H-pyrrole nitrogens is 1. The lowest BCUT2D eigenvalue weighted by atomic mass is 9.94. The maximum absolute atomic E-state index is 12.9. The lowest BCUT2D eigenvalue weighted by Gasteiger charge is -2.23. The standard InChI is InChI=1S/C21H23N3O2/c1-4-14-9-11-15(12-10-14)18(13(2)3)22-21(26)19-16-7-5-6-8-17(16)20(25)24-23-19/h5-13,18H,4H2,1-3H3,(H,22,26)(H,24,25). The first-order chi connectivity index (χ1) is 12.5. The van der Waals surface area contributed by atoms with Gasteiger partial charge in [-0.25, -0.2) is 5.10 Å². The predicted molar refractivity (Wildman–Crippen MR) is 103 cm³/mol. The number of hydrogen-bond donors (Lipinski definition) is 2. The zero-order valence-corrected chi connectivity index (χ0v) is 15.2. The molecule has 0 bridgehead atoms. The molecule has 2 aromatic carbocycles. The second-order valence-electron chi connectivity index (χ2n) is 6.74. The average Bonchev–Trinajstić information content (AvgIpc) is 2.66. The Labute approximate surface area is 152 Å². The number of benzene rings is 2. The number of nitrogens with one attached hydrogen (secondary N) is 2. The van der Waals surface area contributed by atoms with E-state index < -0.39 is 0 Å². The van der Waals surface area contributed by atoms with Crippen LogP contribution in [0.5, 0.6) is 0 Å². The van der Waals surface area contributed by atoms with Gasteiger partial charge in [0.05, 0.1) is 11.4 Å². The van der Waals surface area contributed by atoms with Crippen molar-refractivity contribution in [2.24, 2.45) is 5.92 Å². The minimum Gasteiger partial charge on any atom is -0.344 e. The molecule has 1 aromatic heterocycles. The molecule has 5 nitrogen and oxygen atoms in total. The fourth-order valence-electron chi connectivity index (χ4n) is 3.09. The van der Waals surface area contributed by atoms with Gasteiger partial charge in [0.15, 0.2) is 5.69 Å². The molecule has 1 amide bonds. The van der Waals surface area contributed by atoms with E-state index >= 15 is 0 Å². The molecular weight excluding hydrogens is 326 g/mol. The first-order valence-corrected chi connectivity index (χ1v) is 8.88. The summed E-state index contributed by atoms with van der Waals surface area (Å²) in [6.07, 6.45) is 0.978. The van der Waals surface area contributed by atoms with E-state index in [1.165, 1.54) is 5.56 Å². The van der Waals surface area contributed by atoms with Crippen LogP contribution in [-0.4, -0.2) is 16.1 Å². The topological polar surface area (TPSA) is 74.8 Å². The fraction of sp³-hybridized carbons (Fsp3) is 0.286. The Hall–Kier alpha value is -2.95. The lowest BCUT2D eigenvalue weighted by molar-refractivity contribution is 0.0921. The van der Waals surface area contributed by atoms with E-state index in [4.69, 9.17) is 0 Å². The van der Waals surface area contributed by atoms with E-state index in [0.29, 0.717) is 10.8 Å². The maximum Gasteiger partial charge on any atom is 0.272 e. The number of aromatic amines is 1. The van der Waals surface area contributed by atoms with Crippen molar-refractivity contribution in [1.29, 1.82) is 0 Å². The Balaban J connectivity index is 1.94. The number of carbonyl (C=O) groups is 1. The first kappa shape index (κ1) is 17.9. The van der Waals surface area contributed by atoms with Crippen LogP contribution < -0.4 is 10.9 Å². The van der Waals surface area contributed by atoms with Gasteiger partial charge >= 0.3 is 0 Å². The molecule has 0 aliphatic rings. The lowest BCUT2D eigenvalue weighted by Crippen LogP contribution is -2.33. The van der Waals surface area contributed by atoms with Crippen molar-refractivity contribution in [2.45, 2.75) is 33.2 Å². The highest BCUT2D eigenvalue weighted by molar-refractivity contribution is 6.04. The number of amides is 1. The van der Waals surface area contributed by atoms with E-state index in [1.54, 1.807) is 24.3 Å². The van der Waals surface area contributed by atoms with Gasteiger partial charge in [-0.3, -0.25) is 9.59 Å². The normalized spacial score (nSPS) is 12.3. The molecule has 3 aromatic rings. The van der Waals surface area contributed by atoms with E-state index in [2.05, 4.69) is 60.6 Å². The Morgan fingerprint density at radius 3 is 2.35 bits per heavy atom. The van der Waals surface area contributed by atoms with Crippen molar-refractivity contribution in [3.63, 3.8) is 0 Å². The molecule has 0 aliphatic carbocycles. The summed E-state index contributed by atoms with van der Waals surface area (Å²) in [6, 6.07) is 15.2. The summed E-state index contributed by atoms with van der Waals surface area (Å²) in [4.78, 5) is 24.8. The zero-order valence-electron chi connectivity index (χ0n) is 15.2. The summed E-state index contributed by atoms with van der Waals surface area (Å²) in [5, 5.41) is 10.5. The number of aromatic nitrogens is 2. The minimum atomic E-state index is -0.298. The highest BCUT2D eigenvalue weighted by atomic mass is 16.2. The number of hydrogen-bond acceptors (Lipinski definition) is 3. The Bertz CT molecular complexity index is 974. The van der Waals surface area contributed by atoms with Gasteiger partial charge in [-0.15, -0.1) is 0 Å². The van der Waals surface area contributed by atoms with Gasteiger partial charge in [-0.2, -0.15) is 5.10 Å². The number of carbonyl (C=O) groups excluding carboxylic acids is 1. The zero-order chi connectivity index (χ0) is 18.7. The second-order valence-corrected chi connectivity index (χ2v) is 6.74. The highest BCUT2D eigenvalue weighted by Crippen LogP contribution is 2.23. The third-order valence-electron chi connectivity index (χ3n) is 4.61. The molecule has 1 unspecified atom stereocenters. The number of rotatable bonds is 5. The number of nitrogens with zero attached hydrogens (tertiary/aromatic N) is 1. The quantitative estimate of drug-likeness (QED) is 0.739. The fourth-order valence-corrected chi connectivity index (χ4v) is 3.09. The van der Waals surface area contributed by atoms with Crippen LogP contribution in [0.15, 0.2) is 53.3 Å². The minimum absolute atomic E-state index is 0.138. The molecule has 5 heteroatoms. The smallest absolute Gasteiger partial charge is 0.272 e. The van der Waals surface area contributed by atoms with Gasteiger partial charge in [-0.1, -0.05) is 63.2 Å². The Kier molecular flexibility index (Phi) is 5.16. The van der Waals surface area contributed by atoms with Crippen LogP contribution in [-0.2, 0) is 6.42 Å². The Morgan fingerprint density at radius 2 is 1.73 bits per heavy atom. The SMILES string of the molecule is CCc1ccc(C(NC(=O)c2n[nH]c(=O)c3ccccc23)C(C)C)cc1. The van der Waals surface area contributed by atoms with Crippen molar-refractivity contribution in [3.05, 3.63) is 75.7 Å². The van der Waals surface area contributed by atoms with Crippen LogP contribution in [0.1, 0.15) is 48.4 Å². The third kappa shape index (κ3) is 3.52. The molecule has 0 spiro atoms. The molecule has 0 radical (unpaired) electrons. The summed E-state index contributed by atoms with van der Waals surface area (Å²) in [5.74, 6) is -0.0869. The molecule has 26 heavy (non-hydrogen) atoms. The molecule has 0 aliphatic heterocycles. The average molecular weight is 349 g/mol. The molecule has 2 N–H and O–H groups in total. The van der Waals surface area contributed by atoms with Gasteiger partial charge < -0.3 is 5.32 Å². The molecule has 134 valence electrons. The van der Waals surface area contributed by atoms with Crippen molar-refractivity contribution in [2.75, 3.05) is 0 Å². The van der Waals surface area contributed by atoms with E-state index in [0.717, 1.165) is 12.0 Å². The Morgan fingerprint density at radius 1 is 1.08 bits per heavy atom. The van der Waals surface area contributed by atoms with E-state index in [-0.39, 0.29) is 29.1 Å². The molecule has 1 heterocycles. The second kappa shape index (κ2) is 7.52. The van der Waals surface area contributed by atoms with Crippen LogP contribution in [0, 0.1) is 5.92 Å². The third-order valence-corrected chi connectivity index (χ3v) is 4.61. The molecule has 0 saturated heterocycles. The molecule has 1 atom stereocenters. The van der Waals surface area contributed by atoms with Crippen LogP contribution in [0.3, 0.4) is 0 Å². The van der Waals surface area contributed by atoms with Gasteiger partial charge in [0.25, 0.3) is 11.5 Å². The first-order valence-electron chi connectivity index (χ1n) is 8.88.